The molecule has 0 unspecified atom stereocenters. The van der Waals surface area contributed by atoms with Crippen LogP contribution in [0.1, 0.15) is 44.5 Å². The topological polar surface area (TPSA) is 57.0 Å². The monoisotopic (exact) mass is 289 g/mol. The first-order valence-corrected chi connectivity index (χ1v) is 7.40. The van der Waals surface area contributed by atoms with Crippen LogP contribution in [0.25, 0.3) is 11.3 Å². The number of hydrogen-bond acceptors (Lipinski definition) is 4. The molecule has 0 atom stereocenters. The maximum absolute atomic E-state index is 11.5. The highest BCUT2D eigenvalue weighted by molar-refractivity contribution is 5.89. The van der Waals surface area contributed by atoms with E-state index in [1.807, 2.05) is 24.7 Å². The summed E-state index contributed by atoms with van der Waals surface area (Å²) in [5, 5.41) is 4.25. The van der Waals surface area contributed by atoms with Crippen molar-refractivity contribution in [1.29, 1.82) is 0 Å². The Balaban J connectivity index is 0.00000106. The zero-order valence-corrected chi connectivity index (χ0v) is 13.2. The molecule has 0 N–H and O–H groups in total. The first-order chi connectivity index (χ1) is 10.2. The molecule has 2 rings (SSSR count). The summed E-state index contributed by atoms with van der Waals surface area (Å²) in [5.41, 5.74) is 2.21. The lowest BCUT2D eigenvalue weighted by molar-refractivity contribution is 0.0526. The van der Waals surface area contributed by atoms with E-state index >= 15 is 0 Å². The molecule has 2 heterocycles. The Bertz CT molecular complexity index is 547. The third-order valence-corrected chi connectivity index (χ3v) is 2.66. The summed E-state index contributed by atoms with van der Waals surface area (Å²) in [7, 11) is 0. The van der Waals surface area contributed by atoms with Gasteiger partial charge >= 0.3 is 5.97 Å². The summed E-state index contributed by atoms with van der Waals surface area (Å²) in [6.45, 7) is 9.14. The van der Waals surface area contributed by atoms with E-state index < -0.39 is 0 Å². The van der Waals surface area contributed by atoms with Gasteiger partial charge in [-0.15, -0.1) is 0 Å². The average Bonchev–Trinajstić information content (AvgIpc) is 2.99. The molecular formula is C16H23N3O2. The molecule has 0 radical (unpaired) electrons. The molecule has 5 heteroatoms. The highest BCUT2D eigenvalue weighted by atomic mass is 16.5. The van der Waals surface area contributed by atoms with Crippen LogP contribution in [0.15, 0.2) is 30.7 Å². The largest absolute Gasteiger partial charge is 0.462 e. The summed E-state index contributed by atoms with van der Waals surface area (Å²) >= 11 is 0. The second-order valence-corrected chi connectivity index (χ2v) is 4.14. The van der Waals surface area contributed by atoms with Gasteiger partial charge in [0, 0.05) is 24.5 Å². The molecule has 0 saturated carbocycles. The smallest absolute Gasteiger partial charge is 0.339 e. The Kier molecular flexibility index (Phi) is 7.15. The lowest BCUT2D eigenvalue weighted by atomic mass is 10.2. The summed E-state index contributed by atoms with van der Waals surface area (Å²) in [6.07, 6.45) is 6.30. The lowest BCUT2D eigenvalue weighted by Crippen LogP contribution is -2.04. The van der Waals surface area contributed by atoms with Gasteiger partial charge in [0.25, 0.3) is 0 Å². The molecular weight excluding hydrogens is 266 g/mol. The van der Waals surface area contributed by atoms with E-state index in [-0.39, 0.29) is 5.97 Å². The molecule has 5 nitrogen and oxygen atoms in total. The van der Waals surface area contributed by atoms with Gasteiger partial charge in [-0.2, -0.15) is 5.10 Å². The van der Waals surface area contributed by atoms with Crippen molar-refractivity contribution in [2.75, 3.05) is 6.61 Å². The van der Waals surface area contributed by atoms with Crippen molar-refractivity contribution < 1.29 is 9.53 Å². The van der Waals surface area contributed by atoms with Gasteiger partial charge < -0.3 is 4.74 Å². The number of nitrogens with zero attached hydrogens (tertiary/aromatic N) is 3. The second-order valence-electron chi connectivity index (χ2n) is 4.14. The van der Waals surface area contributed by atoms with Crippen LogP contribution >= 0.6 is 0 Å². The summed E-state index contributed by atoms with van der Waals surface area (Å²) < 4.78 is 6.80. The Labute approximate surface area is 126 Å². The highest BCUT2D eigenvalue weighted by Gasteiger charge is 2.08. The number of rotatable bonds is 5. The fraction of sp³-hybridized carbons (Fsp3) is 0.438. The number of ether oxygens (including phenoxy) is 1. The van der Waals surface area contributed by atoms with Gasteiger partial charge in [-0.05, 0) is 25.5 Å². The Morgan fingerprint density at radius 3 is 2.57 bits per heavy atom. The fourth-order valence-corrected chi connectivity index (χ4v) is 1.75. The molecule has 0 saturated heterocycles. The number of carbonyl (C=O) groups is 1. The van der Waals surface area contributed by atoms with E-state index in [1.54, 1.807) is 25.3 Å². The van der Waals surface area contributed by atoms with E-state index in [2.05, 4.69) is 17.0 Å². The van der Waals surface area contributed by atoms with Crippen LogP contribution in [-0.4, -0.2) is 27.3 Å². The predicted octanol–water partition coefficient (Wildman–Crippen LogP) is 3.56. The number of pyridine rings is 1. The quantitative estimate of drug-likeness (QED) is 0.790. The van der Waals surface area contributed by atoms with Crippen molar-refractivity contribution >= 4 is 5.97 Å². The summed E-state index contributed by atoms with van der Waals surface area (Å²) in [5.74, 6) is -0.344. The average molecular weight is 289 g/mol. The Morgan fingerprint density at radius 2 is 2.00 bits per heavy atom. The van der Waals surface area contributed by atoms with Crippen LogP contribution in [0, 0.1) is 0 Å². The van der Waals surface area contributed by atoms with Gasteiger partial charge in [-0.1, -0.05) is 20.8 Å². The molecule has 0 aliphatic heterocycles. The maximum atomic E-state index is 11.5. The predicted molar refractivity (Wildman–Crippen MR) is 83.1 cm³/mol. The van der Waals surface area contributed by atoms with Crippen molar-refractivity contribution in [3.63, 3.8) is 0 Å². The standard InChI is InChI=1S/C14H17N3O2.C2H6/c1-3-7-17-10-12(9-16-17)13-6-5-11(8-15-13)14(18)19-4-2;1-2/h5-6,8-10H,3-4,7H2,1-2H3;1-2H3. The third kappa shape index (κ3) is 4.70. The molecule has 0 spiro atoms. The van der Waals surface area contributed by atoms with Crippen LogP contribution in [-0.2, 0) is 11.3 Å². The van der Waals surface area contributed by atoms with Gasteiger partial charge in [-0.25, -0.2) is 4.79 Å². The molecule has 0 amide bonds. The van der Waals surface area contributed by atoms with E-state index in [0.717, 1.165) is 24.2 Å². The number of hydrogen-bond donors (Lipinski definition) is 0. The Hall–Kier alpha value is -2.17. The molecule has 21 heavy (non-hydrogen) atoms. The summed E-state index contributed by atoms with van der Waals surface area (Å²) in [6, 6.07) is 3.52. The molecule has 2 aromatic heterocycles. The second kappa shape index (κ2) is 8.89. The molecule has 2 aromatic rings. The van der Waals surface area contributed by atoms with Gasteiger partial charge in [-0.3, -0.25) is 9.67 Å². The zero-order valence-electron chi connectivity index (χ0n) is 13.2. The minimum Gasteiger partial charge on any atom is -0.462 e. The minimum absolute atomic E-state index is 0.344. The SMILES string of the molecule is CC.CCCn1cc(-c2ccc(C(=O)OCC)cn2)cn1. The summed E-state index contributed by atoms with van der Waals surface area (Å²) in [4.78, 5) is 15.8. The van der Waals surface area contributed by atoms with Crippen molar-refractivity contribution in [1.82, 2.24) is 14.8 Å². The van der Waals surface area contributed by atoms with Crippen LogP contribution in [0.2, 0.25) is 0 Å². The fourth-order valence-electron chi connectivity index (χ4n) is 1.75. The lowest BCUT2D eigenvalue weighted by Gasteiger charge is -2.02. The van der Waals surface area contributed by atoms with Gasteiger partial charge in [0.15, 0.2) is 0 Å². The zero-order chi connectivity index (χ0) is 15.7. The van der Waals surface area contributed by atoms with Gasteiger partial charge in [0.2, 0.25) is 0 Å². The first-order valence-electron chi connectivity index (χ1n) is 7.40. The molecule has 114 valence electrons. The number of esters is 1. The van der Waals surface area contributed by atoms with E-state index in [1.165, 1.54) is 6.20 Å². The molecule has 0 fully saturated rings. The molecule has 0 aliphatic carbocycles. The number of aromatic nitrogens is 3. The number of carbonyl (C=O) groups excluding carboxylic acids is 1. The molecule has 0 aromatic carbocycles. The van der Waals surface area contributed by atoms with Gasteiger partial charge in [0.1, 0.15) is 0 Å². The van der Waals surface area contributed by atoms with E-state index in [4.69, 9.17) is 4.74 Å². The molecule has 0 bridgehead atoms. The van der Waals surface area contributed by atoms with Crippen LogP contribution in [0.3, 0.4) is 0 Å². The van der Waals surface area contributed by atoms with Crippen molar-refractivity contribution in [2.24, 2.45) is 0 Å². The van der Waals surface area contributed by atoms with E-state index in [0.29, 0.717) is 12.2 Å². The first kappa shape index (κ1) is 16.9. The molecule has 0 aliphatic rings. The van der Waals surface area contributed by atoms with E-state index in [9.17, 15) is 4.79 Å². The van der Waals surface area contributed by atoms with Crippen LogP contribution in [0.5, 0.6) is 0 Å². The minimum atomic E-state index is -0.344. The van der Waals surface area contributed by atoms with Gasteiger partial charge in [0.05, 0.1) is 24.1 Å². The number of aryl methyl sites for hydroxylation is 1. The van der Waals surface area contributed by atoms with Crippen molar-refractivity contribution in [3.8, 4) is 11.3 Å². The van der Waals surface area contributed by atoms with Crippen molar-refractivity contribution in [2.45, 2.75) is 40.7 Å². The third-order valence-electron chi connectivity index (χ3n) is 2.66. The van der Waals surface area contributed by atoms with Crippen molar-refractivity contribution in [3.05, 3.63) is 36.3 Å². The maximum Gasteiger partial charge on any atom is 0.339 e. The van der Waals surface area contributed by atoms with Crippen LogP contribution in [0.4, 0.5) is 0 Å². The normalized spacial score (nSPS) is 9.71. The van der Waals surface area contributed by atoms with Crippen LogP contribution < -0.4 is 0 Å². The highest BCUT2D eigenvalue weighted by Crippen LogP contribution is 2.16. The Morgan fingerprint density at radius 1 is 1.24 bits per heavy atom.